The summed E-state index contributed by atoms with van der Waals surface area (Å²) >= 11 is 0. The standard InChI is InChI=1S/C19H30N2O3S/c1-5-16(6-2)19(22)21-11-9-17(10-12-21)20-25(23,24)18-8-7-14(3)15(4)13-18/h7-8,13,16-17,20H,5-6,9-12H2,1-4H3. The minimum absolute atomic E-state index is 0.0868. The van der Waals surface area contributed by atoms with Crippen LogP contribution in [0, 0.1) is 19.8 Å². The van der Waals surface area contributed by atoms with Crippen molar-refractivity contribution in [3.63, 3.8) is 0 Å². The molecule has 1 aromatic rings. The summed E-state index contributed by atoms with van der Waals surface area (Å²) in [6, 6.07) is 5.08. The lowest BCUT2D eigenvalue weighted by molar-refractivity contribution is -0.136. The van der Waals surface area contributed by atoms with Crippen LogP contribution in [-0.4, -0.2) is 38.4 Å². The molecule has 5 nitrogen and oxygen atoms in total. The van der Waals surface area contributed by atoms with E-state index in [0.29, 0.717) is 30.8 Å². The summed E-state index contributed by atoms with van der Waals surface area (Å²) in [5.41, 5.74) is 2.04. The number of hydrogen-bond acceptors (Lipinski definition) is 3. The van der Waals surface area contributed by atoms with Crippen LogP contribution < -0.4 is 4.72 Å². The summed E-state index contributed by atoms with van der Waals surface area (Å²) in [4.78, 5) is 14.6. The van der Waals surface area contributed by atoms with E-state index in [1.165, 1.54) is 0 Å². The highest BCUT2D eigenvalue weighted by Crippen LogP contribution is 2.20. The van der Waals surface area contributed by atoms with Gasteiger partial charge in [0.15, 0.2) is 0 Å². The number of nitrogens with zero attached hydrogens (tertiary/aromatic N) is 1. The minimum Gasteiger partial charge on any atom is -0.342 e. The van der Waals surface area contributed by atoms with Gasteiger partial charge in [-0.2, -0.15) is 0 Å². The Morgan fingerprint density at radius 2 is 1.76 bits per heavy atom. The van der Waals surface area contributed by atoms with Gasteiger partial charge in [-0.3, -0.25) is 4.79 Å². The molecule has 0 bridgehead atoms. The molecule has 6 heteroatoms. The first-order chi connectivity index (χ1) is 11.8. The molecule has 0 aromatic heterocycles. The summed E-state index contributed by atoms with van der Waals surface area (Å²) in [5, 5.41) is 0. The van der Waals surface area contributed by atoms with Gasteiger partial charge in [-0.05, 0) is 62.8 Å². The van der Waals surface area contributed by atoms with Crippen LogP contribution in [0.2, 0.25) is 0 Å². The number of aryl methyl sites for hydroxylation is 2. The van der Waals surface area contributed by atoms with Gasteiger partial charge in [-0.1, -0.05) is 19.9 Å². The first-order valence-electron chi connectivity index (χ1n) is 9.16. The highest BCUT2D eigenvalue weighted by molar-refractivity contribution is 7.89. The molecule has 1 N–H and O–H groups in total. The third-order valence-corrected chi connectivity index (χ3v) is 6.77. The van der Waals surface area contributed by atoms with E-state index in [-0.39, 0.29) is 17.9 Å². The van der Waals surface area contributed by atoms with Gasteiger partial charge in [0.25, 0.3) is 0 Å². The molecule has 0 spiro atoms. The Hall–Kier alpha value is -1.40. The van der Waals surface area contributed by atoms with Crippen molar-refractivity contribution in [1.82, 2.24) is 9.62 Å². The first kappa shape index (κ1) is 19.9. The van der Waals surface area contributed by atoms with Crippen LogP contribution in [0.25, 0.3) is 0 Å². The monoisotopic (exact) mass is 366 g/mol. The Kier molecular flexibility index (Phi) is 6.63. The molecular formula is C19H30N2O3S. The van der Waals surface area contributed by atoms with Crippen LogP contribution >= 0.6 is 0 Å². The van der Waals surface area contributed by atoms with E-state index in [4.69, 9.17) is 0 Å². The second-order valence-electron chi connectivity index (χ2n) is 6.98. The summed E-state index contributed by atoms with van der Waals surface area (Å²) in [7, 11) is -3.52. The van der Waals surface area contributed by atoms with Gasteiger partial charge < -0.3 is 4.90 Å². The second kappa shape index (κ2) is 8.32. The fraction of sp³-hybridized carbons (Fsp3) is 0.632. The van der Waals surface area contributed by atoms with Crippen molar-refractivity contribution in [2.45, 2.75) is 64.3 Å². The number of hydrogen-bond donors (Lipinski definition) is 1. The molecule has 1 aliphatic heterocycles. The normalized spacial score (nSPS) is 16.4. The maximum atomic E-state index is 12.6. The maximum absolute atomic E-state index is 12.6. The number of amides is 1. The fourth-order valence-electron chi connectivity index (χ4n) is 3.28. The molecular weight excluding hydrogens is 336 g/mol. The van der Waals surface area contributed by atoms with Gasteiger partial charge in [0.05, 0.1) is 4.90 Å². The fourth-order valence-corrected chi connectivity index (χ4v) is 4.67. The van der Waals surface area contributed by atoms with Crippen molar-refractivity contribution in [1.29, 1.82) is 0 Å². The number of sulfonamides is 1. The second-order valence-corrected chi connectivity index (χ2v) is 8.69. The van der Waals surface area contributed by atoms with E-state index in [1.807, 2.05) is 38.7 Å². The average molecular weight is 367 g/mol. The highest BCUT2D eigenvalue weighted by atomic mass is 32.2. The van der Waals surface area contributed by atoms with Crippen molar-refractivity contribution in [3.05, 3.63) is 29.3 Å². The zero-order valence-corrected chi connectivity index (χ0v) is 16.5. The third-order valence-electron chi connectivity index (χ3n) is 5.25. The first-order valence-corrected chi connectivity index (χ1v) is 10.6. The van der Waals surface area contributed by atoms with E-state index in [0.717, 1.165) is 24.0 Å². The topological polar surface area (TPSA) is 66.5 Å². The summed E-state index contributed by atoms with van der Waals surface area (Å²) in [5.74, 6) is 0.296. The van der Waals surface area contributed by atoms with Gasteiger partial charge in [0, 0.05) is 25.0 Å². The molecule has 1 amide bonds. The van der Waals surface area contributed by atoms with Crippen molar-refractivity contribution in [2.75, 3.05) is 13.1 Å². The molecule has 0 atom stereocenters. The number of piperidine rings is 1. The summed E-state index contributed by atoms with van der Waals surface area (Å²) < 4.78 is 28.0. The molecule has 1 aromatic carbocycles. The number of benzene rings is 1. The van der Waals surface area contributed by atoms with E-state index in [2.05, 4.69) is 4.72 Å². The van der Waals surface area contributed by atoms with Crippen LogP contribution in [0.15, 0.2) is 23.1 Å². The number of carbonyl (C=O) groups is 1. The molecule has 0 unspecified atom stereocenters. The van der Waals surface area contributed by atoms with Crippen molar-refractivity contribution in [3.8, 4) is 0 Å². The Morgan fingerprint density at radius 3 is 2.28 bits per heavy atom. The molecule has 1 saturated heterocycles. The van der Waals surface area contributed by atoms with Gasteiger partial charge in [-0.25, -0.2) is 13.1 Å². The lowest BCUT2D eigenvalue weighted by Gasteiger charge is -2.34. The number of carbonyl (C=O) groups excluding carboxylic acids is 1. The van der Waals surface area contributed by atoms with Crippen LogP contribution in [0.5, 0.6) is 0 Å². The predicted octanol–water partition coefficient (Wildman–Crippen LogP) is 3.01. The van der Waals surface area contributed by atoms with Crippen LogP contribution in [0.4, 0.5) is 0 Å². The van der Waals surface area contributed by atoms with Crippen LogP contribution in [0.1, 0.15) is 50.7 Å². The SMILES string of the molecule is CCC(CC)C(=O)N1CCC(NS(=O)(=O)c2ccc(C)c(C)c2)CC1. The lowest BCUT2D eigenvalue weighted by atomic mass is 9.99. The van der Waals surface area contributed by atoms with E-state index < -0.39 is 10.0 Å². The highest BCUT2D eigenvalue weighted by Gasteiger charge is 2.29. The van der Waals surface area contributed by atoms with Gasteiger partial charge >= 0.3 is 0 Å². The van der Waals surface area contributed by atoms with Crippen molar-refractivity contribution < 1.29 is 13.2 Å². The van der Waals surface area contributed by atoms with Crippen molar-refractivity contribution >= 4 is 15.9 Å². The third kappa shape index (κ3) is 4.82. The van der Waals surface area contributed by atoms with Gasteiger partial charge in [0.2, 0.25) is 15.9 Å². The van der Waals surface area contributed by atoms with Crippen LogP contribution in [0.3, 0.4) is 0 Å². The Labute approximate surface area is 151 Å². The van der Waals surface area contributed by atoms with E-state index in [9.17, 15) is 13.2 Å². The van der Waals surface area contributed by atoms with Gasteiger partial charge in [-0.15, -0.1) is 0 Å². The summed E-state index contributed by atoms with van der Waals surface area (Å²) in [6.45, 7) is 9.19. The lowest BCUT2D eigenvalue weighted by Crippen LogP contribution is -2.47. The van der Waals surface area contributed by atoms with E-state index in [1.54, 1.807) is 12.1 Å². The summed E-state index contributed by atoms with van der Waals surface area (Å²) in [6.07, 6.45) is 3.04. The van der Waals surface area contributed by atoms with Crippen molar-refractivity contribution in [2.24, 2.45) is 5.92 Å². The molecule has 1 aliphatic rings. The van der Waals surface area contributed by atoms with Gasteiger partial charge in [0.1, 0.15) is 0 Å². The minimum atomic E-state index is -3.52. The quantitative estimate of drug-likeness (QED) is 0.841. The molecule has 140 valence electrons. The number of nitrogens with one attached hydrogen (secondary N) is 1. The smallest absolute Gasteiger partial charge is 0.240 e. The molecule has 0 aliphatic carbocycles. The maximum Gasteiger partial charge on any atom is 0.240 e. The Bertz CT molecular complexity index is 703. The molecule has 0 saturated carbocycles. The molecule has 1 fully saturated rings. The molecule has 25 heavy (non-hydrogen) atoms. The zero-order valence-electron chi connectivity index (χ0n) is 15.7. The average Bonchev–Trinajstić information content (AvgIpc) is 2.58. The zero-order chi connectivity index (χ0) is 18.6. The molecule has 2 rings (SSSR count). The van der Waals surface area contributed by atoms with Crippen LogP contribution in [-0.2, 0) is 14.8 Å². The molecule has 1 heterocycles. The van der Waals surface area contributed by atoms with E-state index >= 15 is 0 Å². The Balaban J connectivity index is 1.97. The number of rotatable bonds is 6. The number of likely N-dealkylation sites (tertiary alicyclic amines) is 1. The Morgan fingerprint density at radius 1 is 1.16 bits per heavy atom. The largest absolute Gasteiger partial charge is 0.342 e. The predicted molar refractivity (Wildman–Crippen MR) is 99.9 cm³/mol. The molecule has 0 radical (unpaired) electrons.